The molecule has 1 aromatic carbocycles. The lowest BCUT2D eigenvalue weighted by Gasteiger charge is -2.08. The summed E-state index contributed by atoms with van der Waals surface area (Å²) in [5, 5.41) is 3.34. The predicted molar refractivity (Wildman–Crippen MR) is 73.9 cm³/mol. The van der Waals surface area contributed by atoms with E-state index in [4.69, 9.17) is 5.73 Å². The van der Waals surface area contributed by atoms with Crippen molar-refractivity contribution in [2.24, 2.45) is 5.73 Å². The molecule has 0 aliphatic heterocycles. The van der Waals surface area contributed by atoms with E-state index in [2.05, 4.69) is 28.5 Å². The lowest BCUT2D eigenvalue weighted by molar-refractivity contribution is 0.900. The Labute approximate surface area is 107 Å². The minimum Gasteiger partial charge on any atom is -0.340 e. The van der Waals surface area contributed by atoms with E-state index >= 15 is 0 Å². The monoisotopic (exact) mass is 239 g/mol. The number of fused-ring (bicyclic) bond motifs is 1. The van der Waals surface area contributed by atoms with Crippen LogP contribution in [0, 0.1) is 0 Å². The van der Waals surface area contributed by atoms with Crippen LogP contribution in [-0.2, 0) is 19.4 Å². The number of rotatable bonds is 3. The highest BCUT2D eigenvalue weighted by Gasteiger charge is 2.12. The molecule has 0 radical (unpaired) electrons. The van der Waals surface area contributed by atoms with E-state index < -0.39 is 0 Å². The first-order valence-corrected chi connectivity index (χ1v) is 6.40. The molecule has 0 bridgehead atoms. The Bertz CT molecular complexity index is 563. The molecular formula is C15H17N3. The topological polar surface area (TPSA) is 50.9 Å². The van der Waals surface area contributed by atoms with Crippen LogP contribution >= 0.6 is 0 Å². The van der Waals surface area contributed by atoms with Gasteiger partial charge in [-0.2, -0.15) is 0 Å². The predicted octanol–water partition coefficient (Wildman–Crippen LogP) is 2.77. The van der Waals surface area contributed by atoms with Gasteiger partial charge in [0.25, 0.3) is 0 Å². The van der Waals surface area contributed by atoms with Crippen molar-refractivity contribution in [2.75, 3.05) is 5.32 Å². The summed E-state index contributed by atoms with van der Waals surface area (Å²) in [6.07, 6.45) is 3.51. The van der Waals surface area contributed by atoms with Gasteiger partial charge in [-0.3, -0.25) is 0 Å². The molecule has 1 aliphatic carbocycles. The molecule has 0 saturated heterocycles. The molecule has 18 heavy (non-hydrogen) atoms. The maximum Gasteiger partial charge on any atom is 0.130 e. The van der Waals surface area contributed by atoms with Crippen molar-refractivity contribution in [3.8, 4) is 0 Å². The first kappa shape index (κ1) is 11.2. The Morgan fingerprint density at radius 1 is 1.17 bits per heavy atom. The number of pyridine rings is 1. The van der Waals surface area contributed by atoms with Gasteiger partial charge >= 0.3 is 0 Å². The van der Waals surface area contributed by atoms with Crippen LogP contribution in [0.5, 0.6) is 0 Å². The fourth-order valence-electron chi connectivity index (χ4n) is 2.41. The average molecular weight is 239 g/mol. The third-order valence-corrected chi connectivity index (χ3v) is 3.36. The minimum atomic E-state index is 0.563. The number of hydrogen-bond donors (Lipinski definition) is 2. The molecular weight excluding hydrogens is 222 g/mol. The van der Waals surface area contributed by atoms with E-state index in [0.717, 1.165) is 23.5 Å². The molecule has 92 valence electrons. The summed E-state index contributed by atoms with van der Waals surface area (Å²) >= 11 is 0. The van der Waals surface area contributed by atoms with Gasteiger partial charge in [0.05, 0.1) is 0 Å². The van der Waals surface area contributed by atoms with Crippen molar-refractivity contribution in [3.05, 3.63) is 53.2 Å². The molecule has 1 aliphatic rings. The number of nitrogens with two attached hydrogens (primary N) is 1. The molecule has 0 unspecified atom stereocenters. The van der Waals surface area contributed by atoms with E-state index in [1.165, 1.54) is 24.1 Å². The van der Waals surface area contributed by atoms with Crippen molar-refractivity contribution in [3.63, 3.8) is 0 Å². The van der Waals surface area contributed by atoms with Crippen molar-refractivity contribution in [2.45, 2.75) is 25.8 Å². The zero-order valence-electron chi connectivity index (χ0n) is 10.3. The Morgan fingerprint density at radius 2 is 2.11 bits per heavy atom. The summed E-state index contributed by atoms with van der Waals surface area (Å²) in [6, 6.07) is 12.4. The van der Waals surface area contributed by atoms with Crippen LogP contribution in [0.2, 0.25) is 0 Å². The summed E-state index contributed by atoms with van der Waals surface area (Å²) in [5.41, 5.74) is 10.5. The summed E-state index contributed by atoms with van der Waals surface area (Å²) in [7, 11) is 0. The average Bonchev–Trinajstić information content (AvgIpc) is 2.86. The van der Waals surface area contributed by atoms with Crippen LogP contribution in [0.25, 0.3) is 0 Å². The van der Waals surface area contributed by atoms with Gasteiger partial charge in [-0.05, 0) is 48.6 Å². The van der Waals surface area contributed by atoms with Gasteiger partial charge in [-0.1, -0.05) is 18.2 Å². The number of anilines is 2. The summed E-state index contributed by atoms with van der Waals surface area (Å²) in [4.78, 5) is 4.66. The summed E-state index contributed by atoms with van der Waals surface area (Å²) in [6.45, 7) is 0.563. The molecule has 0 atom stereocenters. The van der Waals surface area contributed by atoms with Gasteiger partial charge in [-0.15, -0.1) is 0 Å². The molecule has 1 aromatic heterocycles. The quantitative estimate of drug-likeness (QED) is 0.866. The van der Waals surface area contributed by atoms with Crippen molar-refractivity contribution >= 4 is 11.5 Å². The first-order chi connectivity index (χ1) is 8.85. The normalized spacial score (nSPS) is 13.4. The second kappa shape index (κ2) is 4.78. The van der Waals surface area contributed by atoms with Crippen LogP contribution in [0.4, 0.5) is 11.5 Å². The van der Waals surface area contributed by atoms with Gasteiger partial charge in [0.2, 0.25) is 0 Å². The molecule has 0 spiro atoms. The number of hydrogen-bond acceptors (Lipinski definition) is 3. The number of aryl methyl sites for hydroxylation is 2. The number of nitrogens with one attached hydrogen (secondary N) is 1. The van der Waals surface area contributed by atoms with Gasteiger partial charge < -0.3 is 11.1 Å². The zero-order chi connectivity index (χ0) is 12.4. The van der Waals surface area contributed by atoms with Crippen LogP contribution in [0.3, 0.4) is 0 Å². The van der Waals surface area contributed by atoms with Crippen molar-refractivity contribution in [1.29, 1.82) is 0 Å². The molecule has 0 fully saturated rings. The van der Waals surface area contributed by atoms with E-state index in [-0.39, 0.29) is 0 Å². The zero-order valence-corrected chi connectivity index (χ0v) is 10.3. The van der Waals surface area contributed by atoms with E-state index in [9.17, 15) is 0 Å². The Kier molecular flexibility index (Phi) is 2.99. The van der Waals surface area contributed by atoms with Crippen LogP contribution < -0.4 is 11.1 Å². The molecule has 2 aromatic rings. The van der Waals surface area contributed by atoms with Crippen LogP contribution in [0.1, 0.15) is 23.2 Å². The van der Waals surface area contributed by atoms with Crippen molar-refractivity contribution < 1.29 is 0 Å². The highest BCUT2D eigenvalue weighted by molar-refractivity contribution is 5.57. The van der Waals surface area contributed by atoms with Crippen LogP contribution in [0.15, 0.2) is 36.4 Å². The largest absolute Gasteiger partial charge is 0.340 e. The first-order valence-electron chi connectivity index (χ1n) is 6.40. The Hall–Kier alpha value is -1.87. The summed E-state index contributed by atoms with van der Waals surface area (Å²) in [5.74, 6) is 0.921. The molecule has 3 nitrogen and oxygen atoms in total. The Balaban J connectivity index is 1.83. The third-order valence-electron chi connectivity index (χ3n) is 3.36. The lowest BCUT2D eigenvalue weighted by Crippen LogP contribution is -1.99. The molecule has 0 saturated carbocycles. The fraction of sp³-hybridized carbons (Fsp3) is 0.267. The molecule has 1 heterocycles. The standard InChI is InChI=1S/C15H17N3/c16-10-11-3-1-5-13(9-11)17-15-8-7-12-4-2-6-14(12)18-15/h1,3,5,7-9H,2,4,6,10,16H2,(H,17,18). The second-order valence-electron chi connectivity index (χ2n) is 4.69. The Morgan fingerprint density at radius 3 is 3.00 bits per heavy atom. The highest BCUT2D eigenvalue weighted by atomic mass is 15.0. The molecule has 0 amide bonds. The second-order valence-corrected chi connectivity index (χ2v) is 4.69. The van der Waals surface area contributed by atoms with Crippen LogP contribution in [-0.4, -0.2) is 4.98 Å². The number of benzene rings is 1. The minimum absolute atomic E-state index is 0.563. The fourth-order valence-corrected chi connectivity index (χ4v) is 2.41. The van der Waals surface area contributed by atoms with E-state index in [1.807, 2.05) is 18.2 Å². The highest BCUT2D eigenvalue weighted by Crippen LogP contribution is 2.23. The lowest BCUT2D eigenvalue weighted by atomic mass is 10.2. The number of aromatic nitrogens is 1. The van der Waals surface area contributed by atoms with E-state index in [0.29, 0.717) is 6.54 Å². The smallest absolute Gasteiger partial charge is 0.130 e. The maximum absolute atomic E-state index is 5.64. The van der Waals surface area contributed by atoms with Gasteiger partial charge in [0.15, 0.2) is 0 Å². The number of nitrogens with zero attached hydrogens (tertiary/aromatic N) is 1. The van der Waals surface area contributed by atoms with Gasteiger partial charge in [0.1, 0.15) is 5.82 Å². The summed E-state index contributed by atoms with van der Waals surface area (Å²) < 4.78 is 0. The van der Waals surface area contributed by atoms with Crippen molar-refractivity contribution in [1.82, 2.24) is 4.98 Å². The van der Waals surface area contributed by atoms with Gasteiger partial charge in [0, 0.05) is 17.9 Å². The SMILES string of the molecule is NCc1cccc(Nc2ccc3c(n2)CCC3)c1. The third kappa shape index (κ3) is 2.22. The molecule has 3 heteroatoms. The van der Waals surface area contributed by atoms with E-state index in [1.54, 1.807) is 0 Å². The molecule has 3 rings (SSSR count). The van der Waals surface area contributed by atoms with Gasteiger partial charge in [-0.25, -0.2) is 4.98 Å². The maximum atomic E-state index is 5.64. The molecule has 3 N–H and O–H groups in total.